The number of carbonyl (C=O) groups excluding carboxylic acids is 1. The molecule has 0 aliphatic carbocycles. The first kappa shape index (κ1) is 13.5. The van der Waals surface area contributed by atoms with Gasteiger partial charge in [-0.25, -0.2) is 0 Å². The summed E-state index contributed by atoms with van der Waals surface area (Å²) >= 11 is 1.38. The Labute approximate surface area is 122 Å². The number of hydrogen-bond acceptors (Lipinski definition) is 4. The van der Waals surface area contributed by atoms with E-state index in [2.05, 4.69) is 9.69 Å². The Morgan fingerprint density at radius 1 is 1.55 bits per heavy atom. The normalized spacial score (nSPS) is 19.1. The Bertz CT molecular complexity index is 617. The second kappa shape index (κ2) is 5.89. The lowest BCUT2D eigenvalue weighted by Crippen LogP contribution is -2.33. The maximum Gasteiger partial charge on any atom is 0.271 e. The van der Waals surface area contributed by atoms with Gasteiger partial charge in [0, 0.05) is 18.5 Å². The minimum absolute atomic E-state index is 0.0765. The van der Waals surface area contributed by atoms with Crippen LogP contribution in [-0.2, 0) is 4.74 Å². The zero-order valence-corrected chi connectivity index (χ0v) is 12.3. The van der Waals surface area contributed by atoms with Crippen molar-refractivity contribution in [1.82, 2.24) is 9.69 Å². The SMILES string of the molecule is Cc1ccc2snc(C(=O)NCC3CCCOC3)c2c1. The van der Waals surface area contributed by atoms with Crippen LogP contribution in [0.15, 0.2) is 18.2 Å². The molecule has 0 spiro atoms. The number of carbonyl (C=O) groups is 1. The number of aryl methyl sites for hydroxylation is 1. The predicted molar refractivity (Wildman–Crippen MR) is 80.2 cm³/mol. The van der Waals surface area contributed by atoms with Gasteiger partial charge in [0.2, 0.25) is 0 Å². The van der Waals surface area contributed by atoms with Gasteiger partial charge in [0.05, 0.1) is 11.3 Å². The molecule has 0 radical (unpaired) electrons. The predicted octanol–water partition coefficient (Wildman–Crippen LogP) is 2.76. The van der Waals surface area contributed by atoms with Gasteiger partial charge in [-0.3, -0.25) is 4.79 Å². The smallest absolute Gasteiger partial charge is 0.271 e. The molecule has 20 heavy (non-hydrogen) atoms. The van der Waals surface area contributed by atoms with Crippen LogP contribution in [0.5, 0.6) is 0 Å². The molecule has 1 unspecified atom stereocenters. The Hall–Kier alpha value is -1.46. The molecule has 1 aliphatic heterocycles. The highest BCUT2D eigenvalue weighted by atomic mass is 32.1. The molecule has 106 valence electrons. The van der Waals surface area contributed by atoms with Crippen LogP contribution in [-0.4, -0.2) is 30.0 Å². The summed E-state index contributed by atoms with van der Waals surface area (Å²) < 4.78 is 10.8. The Kier molecular flexibility index (Phi) is 3.98. The largest absolute Gasteiger partial charge is 0.381 e. The lowest BCUT2D eigenvalue weighted by Gasteiger charge is -2.21. The van der Waals surface area contributed by atoms with E-state index in [1.54, 1.807) is 0 Å². The quantitative estimate of drug-likeness (QED) is 0.945. The lowest BCUT2D eigenvalue weighted by molar-refractivity contribution is 0.0536. The van der Waals surface area contributed by atoms with Crippen LogP contribution in [0.25, 0.3) is 10.1 Å². The summed E-state index contributed by atoms with van der Waals surface area (Å²) in [6.45, 7) is 4.29. The Morgan fingerprint density at radius 3 is 3.25 bits per heavy atom. The van der Waals surface area contributed by atoms with Crippen molar-refractivity contribution in [2.75, 3.05) is 19.8 Å². The van der Waals surface area contributed by atoms with Crippen molar-refractivity contribution in [2.24, 2.45) is 5.92 Å². The summed E-state index contributed by atoms with van der Waals surface area (Å²) in [5.41, 5.74) is 1.69. The fourth-order valence-corrected chi connectivity index (χ4v) is 3.26. The van der Waals surface area contributed by atoms with Gasteiger partial charge in [0.15, 0.2) is 0 Å². The number of nitrogens with zero attached hydrogens (tertiary/aromatic N) is 1. The summed E-state index contributed by atoms with van der Waals surface area (Å²) in [6.07, 6.45) is 2.20. The zero-order chi connectivity index (χ0) is 13.9. The van der Waals surface area contributed by atoms with Crippen LogP contribution < -0.4 is 5.32 Å². The van der Waals surface area contributed by atoms with Crippen molar-refractivity contribution < 1.29 is 9.53 Å². The van der Waals surface area contributed by atoms with E-state index in [-0.39, 0.29) is 5.91 Å². The van der Waals surface area contributed by atoms with Gasteiger partial charge in [-0.2, -0.15) is 4.37 Å². The number of hydrogen-bond donors (Lipinski definition) is 1. The molecule has 5 heteroatoms. The van der Waals surface area contributed by atoms with E-state index >= 15 is 0 Å². The monoisotopic (exact) mass is 290 g/mol. The Morgan fingerprint density at radius 2 is 2.45 bits per heavy atom. The number of ether oxygens (including phenoxy) is 1. The number of nitrogens with one attached hydrogen (secondary N) is 1. The minimum Gasteiger partial charge on any atom is -0.381 e. The molecule has 0 saturated carbocycles. The standard InChI is InChI=1S/C15H18N2O2S/c1-10-4-5-13-12(7-10)14(17-20-13)15(18)16-8-11-3-2-6-19-9-11/h4-5,7,11H,2-3,6,8-9H2,1H3,(H,16,18). The van der Waals surface area contributed by atoms with E-state index in [0.29, 0.717) is 18.2 Å². The number of rotatable bonds is 3. The van der Waals surface area contributed by atoms with Gasteiger partial charge in [0.1, 0.15) is 5.69 Å². The van der Waals surface area contributed by atoms with Crippen LogP contribution in [0, 0.1) is 12.8 Å². The molecule has 1 aliphatic rings. The third-order valence-electron chi connectivity index (χ3n) is 3.65. The first-order chi connectivity index (χ1) is 9.74. The summed E-state index contributed by atoms with van der Waals surface area (Å²) in [4.78, 5) is 12.3. The zero-order valence-electron chi connectivity index (χ0n) is 11.5. The van der Waals surface area contributed by atoms with E-state index in [0.717, 1.165) is 41.7 Å². The molecule has 1 aromatic carbocycles. The van der Waals surface area contributed by atoms with Crippen molar-refractivity contribution in [2.45, 2.75) is 19.8 Å². The van der Waals surface area contributed by atoms with E-state index in [4.69, 9.17) is 4.74 Å². The second-order valence-corrected chi connectivity index (χ2v) is 6.13. The molecule has 3 rings (SSSR count). The fourth-order valence-electron chi connectivity index (χ4n) is 2.51. The molecular weight excluding hydrogens is 272 g/mol. The van der Waals surface area contributed by atoms with Gasteiger partial charge >= 0.3 is 0 Å². The van der Waals surface area contributed by atoms with E-state index in [9.17, 15) is 4.79 Å². The lowest BCUT2D eigenvalue weighted by atomic mass is 10.0. The Balaban J connectivity index is 1.70. The van der Waals surface area contributed by atoms with Crippen molar-refractivity contribution in [3.05, 3.63) is 29.5 Å². The maximum absolute atomic E-state index is 12.3. The molecule has 1 atom stereocenters. The third kappa shape index (κ3) is 2.83. The number of fused-ring (bicyclic) bond motifs is 1. The highest BCUT2D eigenvalue weighted by Crippen LogP contribution is 2.24. The topological polar surface area (TPSA) is 51.2 Å². The van der Waals surface area contributed by atoms with Crippen LogP contribution in [0.3, 0.4) is 0 Å². The van der Waals surface area contributed by atoms with Crippen LogP contribution in [0.2, 0.25) is 0 Å². The van der Waals surface area contributed by atoms with E-state index in [1.165, 1.54) is 11.5 Å². The van der Waals surface area contributed by atoms with Crippen LogP contribution >= 0.6 is 11.5 Å². The number of benzene rings is 1. The maximum atomic E-state index is 12.3. The van der Waals surface area contributed by atoms with Gasteiger partial charge in [0.25, 0.3) is 5.91 Å². The highest BCUT2D eigenvalue weighted by molar-refractivity contribution is 7.13. The summed E-state index contributed by atoms with van der Waals surface area (Å²) in [5, 5.41) is 3.94. The van der Waals surface area contributed by atoms with Crippen molar-refractivity contribution in [3.63, 3.8) is 0 Å². The van der Waals surface area contributed by atoms with Gasteiger partial charge < -0.3 is 10.1 Å². The molecule has 1 saturated heterocycles. The average Bonchev–Trinajstić information content (AvgIpc) is 2.89. The van der Waals surface area contributed by atoms with Crippen molar-refractivity contribution in [1.29, 1.82) is 0 Å². The van der Waals surface area contributed by atoms with Crippen LogP contribution in [0.4, 0.5) is 0 Å². The fraction of sp³-hybridized carbons (Fsp3) is 0.467. The van der Waals surface area contributed by atoms with Gasteiger partial charge in [-0.1, -0.05) is 11.6 Å². The first-order valence-corrected chi connectivity index (χ1v) is 7.73. The molecule has 1 amide bonds. The van der Waals surface area contributed by atoms with Crippen molar-refractivity contribution >= 4 is 27.5 Å². The first-order valence-electron chi connectivity index (χ1n) is 6.96. The summed E-state index contributed by atoms with van der Waals surface area (Å²) in [5.74, 6) is 0.353. The third-order valence-corrected chi connectivity index (χ3v) is 4.47. The molecule has 1 N–H and O–H groups in total. The van der Waals surface area contributed by atoms with Gasteiger partial charge in [-0.05, 0) is 49.3 Å². The summed E-state index contributed by atoms with van der Waals surface area (Å²) in [6, 6.07) is 6.09. The second-order valence-electron chi connectivity index (χ2n) is 5.32. The molecule has 2 heterocycles. The molecule has 0 bridgehead atoms. The average molecular weight is 290 g/mol. The minimum atomic E-state index is -0.0765. The number of aromatic nitrogens is 1. The van der Waals surface area contributed by atoms with Gasteiger partial charge in [-0.15, -0.1) is 0 Å². The van der Waals surface area contributed by atoms with Crippen molar-refractivity contribution in [3.8, 4) is 0 Å². The van der Waals surface area contributed by atoms with E-state index < -0.39 is 0 Å². The summed E-state index contributed by atoms with van der Waals surface area (Å²) in [7, 11) is 0. The number of amides is 1. The van der Waals surface area contributed by atoms with Crippen LogP contribution in [0.1, 0.15) is 28.9 Å². The van der Waals surface area contributed by atoms with E-state index in [1.807, 2.05) is 25.1 Å². The molecule has 1 aromatic heterocycles. The molecule has 1 fully saturated rings. The highest BCUT2D eigenvalue weighted by Gasteiger charge is 2.18. The molecule has 4 nitrogen and oxygen atoms in total. The molecular formula is C15H18N2O2S. The molecule has 2 aromatic rings.